The summed E-state index contributed by atoms with van der Waals surface area (Å²) < 4.78 is 34.0. The molecule has 152 valence electrons. The van der Waals surface area contributed by atoms with E-state index in [9.17, 15) is 13.6 Å². The van der Waals surface area contributed by atoms with Crippen LogP contribution in [0.25, 0.3) is 11.9 Å². The van der Waals surface area contributed by atoms with Crippen LogP contribution in [0.1, 0.15) is 30.2 Å². The molecular weight excluding hydrogens is 420 g/mol. The molecule has 0 radical (unpaired) electrons. The first-order valence-corrected chi connectivity index (χ1v) is 9.86. The molecule has 5 nitrogen and oxygen atoms in total. The van der Waals surface area contributed by atoms with Crippen LogP contribution in [0.4, 0.5) is 8.78 Å². The van der Waals surface area contributed by atoms with Crippen LogP contribution in [-0.2, 0) is 15.1 Å². The van der Waals surface area contributed by atoms with Crippen LogP contribution in [-0.4, -0.2) is 28.5 Å². The molecule has 0 aliphatic carbocycles. The summed E-state index contributed by atoms with van der Waals surface area (Å²) >= 11 is 6.84. The van der Waals surface area contributed by atoms with Crippen molar-refractivity contribution in [2.75, 3.05) is 7.11 Å². The van der Waals surface area contributed by atoms with E-state index in [-0.39, 0.29) is 22.8 Å². The molecule has 2 atom stereocenters. The first kappa shape index (κ1) is 21.3. The molecule has 0 saturated heterocycles. The lowest BCUT2D eigenvalue weighted by molar-refractivity contribution is -0.140. The number of ether oxygens (including phenoxy) is 1. The molecular formula is C20H18ClF2N3O2S. The van der Waals surface area contributed by atoms with Crippen molar-refractivity contribution in [1.29, 1.82) is 0 Å². The zero-order chi connectivity index (χ0) is 21.2. The number of hydrogen-bond donors (Lipinski definition) is 1. The first-order valence-electron chi connectivity index (χ1n) is 8.61. The molecule has 0 fully saturated rings. The second-order valence-corrected chi connectivity index (χ2v) is 8.31. The van der Waals surface area contributed by atoms with Crippen LogP contribution >= 0.6 is 23.4 Å². The van der Waals surface area contributed by atoms with E-state index in [0.29, 0.717) is 10.6 Å². The molecule has 0 amide bonds. The molecule has 1 aromatic heterocycles. The van der Waals surface area contributed by atoms with Gasteiger partial charge in [0.2, 0.25) is 0 Å². The van der Waals surface area contributed by atoms with Crippen LogP contribution in [0.15, 0.2) is 41.5 Å². The smallest absolute Gasteiger partial charge is 0.319 e. The van der Waals surface area contributed by atoms with Gasteiger partial charge in [0, 0.05) is 11.8 Å². The topological polar surface area (TPSA) is 77.6 Å². The van der Waals surface area contributed by atoms with E-state index < -0.39 is 28.4 Å². The van der Waals surface area contributed by atoms with Crippen LogP contribution < -0.4 is 5.73 Å². The van der Waals surface area contributed by atoms with E-state index in [1.165, 1.54) is 49.7 Å². The number of carbonyl (C=O) groups is 1. The quantitative estimate of drug-likeness (QED) is 0.710. The highest BCUT2D eigenvalue weighted by atomic mass is 35.5. The highest BCUT2D eigenvalue weighted by Gasteiger charge is 2.40. The molecule has 2 heterocycles. The lowest BCUT2D eigenvalue weighted by atomic mass is 9.86. The number of hydrogen-bond acceptors (Lipinski definition) is 6. The summed E-state index contributed by atoms with van der Waals surface area (Å²) in [6, 6.07) is 7.14. The summed E-state index contributed by atoms with van der Waals surface area (Å²) in [5.74, 6) is -1.59. The maximum absolute atomic E-state index is 14.7. The summed E-state index contributed by atoms with van der Waals surface area (Å²) in [5, 5.41) is -0.0635. The zero-order valence-electron chi connectivity index (χ0n) is 15.7. The molecule has 0 spiro atoms. The van der Waals surface area contributed by atoms with Crippen LogP contribution in [0.2, 0.25) is 5.02 Å². The van der Waals surface area contributed by atoms with Gasteiger partial charge in [-0.3, -0.25) is 14.8 Å². The third kappa shape index (κ3) is 4.76. The van der Waals surface area contributed by atoms with Gasteiger partial charge in [0.25, 0.3) is 0 Å². The van der Waals surface area contributed by atoms with Gasteiger partial charge in [0.15, 0.2) is 5.17 Å². The number of nitrogens with zero attached hydrogens (tertiary/aromatic N) is 2. The average Bonchev–Trinajstić information content (AvgIpc) is 2.68. The number of esters is 1. The Kier molecular flexibility index (Phi) is 6.24. The molecule has 29 heavy (non-hydrogen) atoms. The van der Waals surface area contributed by atoms with Gasteiger partial charge in [0.1, 0.15) is 16.9 Å². The minimum absolute atomic E-state index is 0.105. The molecule has 1 aliphatic rings. The Morgan fingerprint density at radius 1 is 1.41 bits per heavy atom. The van der Waals surface area contributed by atoms with Gasteiger partial charge in [0.05, 0.1) is 23.4 Å². The first-order chi connectivity index (χ1) is 13.7. The number of nitrogens with two attached hydrogens (primary N) is 1. The molecule has 0 unspecified atom stereocenters. The fourth-order valence-corrected chi connectivity index (χ4v) is 4.34. The third-order valence-electron chi connectivity index (χ3n) is 4.50. The number of aromatic nitrogens is 1. The molecule has 0 bridgehead atoms. The second-order valence-electron chi connectivity index (χ2n) is 6.65. The predicted octanol–water partition coefficient (Wildman–Crippen LogP) is 4.55. The molecule has 9 heteroatoms. The van der Waals surface area contributed by atoms with E-state index >= 15 is 0 Å². The number of pyridine rings is 1. The van der Waals surface area contributed by atoms with E-state index in [1.54, 1.807) is 6.92 Å². The number of carbonyl (C=O) groups excluding carboxylic acids is 1. The number of thioether (sulfide) groups is 1. The van der Waals surface area contributed by atoms with Crippen molar-refractivity contribution in [2.45, 2.75) is 24.1 Å². The molecule has 0 saturated carbocycles. The zero-order valence-corrected chi connectivity index (χ0v) is 17.2. The van der Waals surface area contributed by atoms with E-state index in [4.69, 9.17) is 22.1 Å². The van der Waals surface area contributed by atoms with Gasteiger partial charge in [-0.15, -0.1) is 0 Å². The number of halogens is 3. The lowest BCUT2D eigenvalue weighted by Gasteiger charge is -2.33. The van der Waals surface area contributed by atoms with Crippen molar-refractivity contribution < 1.29 is 18.3 Å². The molecule has 2 aromatic rings. The monoisotopic (exact) mass is 437 g/mol. The Labute approximate surface area is 176 Å². The van der Waals surface area contributed by atoms with Gasteiger partial charge in [-0.25, -0.2) is 8.78 Å². The molecule has 3 rings (SSSR count). The average molecular weight is 438 g/mol. The SMILES string of the molecule is COC(=O)[C@H]1C[C@@](C)(c2cc(/C=C(\F)c3ccc(Cl)cn3)ccc2F)N=C(N)S1. The van der Waals surface area contributed by atoms with Crippen molar-refractivity contribution in [2.24, 2.45) is 10.7 Å². The number of methoxy groups -OCH3 is 1. The van der Waals surface area contributed by atoms with Gasteiger partial charge in [-0.2, -0.15) is 0 Å². The fraction of sp³-hybridized carbons (Fsp3) is 0.250. The van der Waals surface area contributed by atoms with Crippen molar-refractivity contribution in [3.05, 3.63) is 64.2 Å². The minimum atomic E-state index is -1.10. The molecule has 1 aliphatic heterocycles. The summed E-state index contributed by atoms with van der Waals surface area (Å²) in [4.78, 5) is 20.3. The number of amidine groups is 1. The number of rotatable bonds is 4. The maximum atomic E-state index is 14.7. The standard InChI is InChI=1S/C20H18ClF2N3O2S/c1-20(9-17(18(27)28-2)29-19(24)26-20)13-7-11(3-5-14(13)22)8-15(23)16-6-4-12(21)10-25-16/h3-8,10,17H,9H2,1-2H3,(H2,24,26)/b15-8-/t17-,20+/m1/s1. The van der Waals surface area contributed by atoms with Gasteiger partial charge in [-0.1, -0.05) is 29.4 Å². The maximum Gasteiger partial charge on any atom is 0.319 e. The minimum Gasteiger partial charge on any atom is -0.468 e. The van der Waals surface area contributed by atoms with Crippen molar-refractivity contribution in [1.82, 2.24) is 4.98 Å². The summed E-state index contributed by atoms with van der Waals surface area (Å²) in [6.07, 6.45) is 2.77. The second kappa shape index (κ2) is 8.51. The van der Waals surface area contributed by atoms with Crippen LogP contribution in [0.3, 0.4) is 0 Å². The number of benzene rings is 1. The summed E-state index contributed by atoms with van der Waals surface area (Å²) in [7, 11) is 1.28. The van der Waals surface area contributed by atoms with Crippen molar-refractivity contribution >= 4 is 46.4 Å². The normalized spacial score (nSPS) is 22.2. The van der Waals surface area contributed by atoms with Gasteiger partial charge < -0.3 is 10.5 Å². The van der Waals surface area contributed by atoms with E-state index in [1.807, 2.05) is 0 Å². The third-order valence-corrected chi connectivity index (χ3v) is 5.70. The molecule has 2 N–H and O–H groups in total. The Bertz CT molecular complexity index is 998. The van der Waals surface area contributed by atoms with Crippen LogP contribution in [0.5, 0.6) is 0 Å². The van der Waals surface area contributed by atoms with E-state index in [0.717, 1.165) is 11.8 Å². The van der Waals surface area contributed by atoms with E-state index in [2.05, 4.69) is 9.98 Å². The highest BCUT2D eigenvalue weighted by molar-refractivity contribution is 8.14. The Morgan fingerprint density at radius 2 is 2.17 bits per heavy atom. The van der Waals surface area contributed by atoms with Gasteiger partial charge in [-0.05, 0) is 49.2 Å². The Morgan fingerprint density at radius 3 is 2.83 bits per heavy atom. The summed E-state index contributed by atoms with van der Waals surface area (Å²) in [5.41, 5.74) is 5.51. The Hall–Kier alpha value is -2.45. The number of aliphatic imine (C=N–C) groups is 1. The molecule has 1 aromatic carbocycles. The highest BCUT2D eigenvalue weighted by Crippen LogP contribution is 2.40. The predicted molar refractivity (Wildman–Crippen MR) is 112 cm³/mol. The van der Waals surface area contributed by atoms with Crippen molar-refractivity contribution in [3.8, 4) is 0 Å². The van der Waals surface area contributed by atoms with Gasteiger partial charge >= 0.3 is 5.97 Å². The van der Waals surface area contributed by atoms with Crippen LogP contribution in [0, 0.1) is 5.82 Å². The largest absolute Gasteiger partial charge is 0.468 e. The lowest BCUT2D eigenvalue weighted by Crippen LogP contribution is -2.38. The fourth-order valence-electron chi connectivity index (χ4n) is 3.08. The Balaban J connectivity index is 1.98. The van der Waals surface area contributed by atoms with Crippen molar-refractivity contribution in [3.63, 3.8) is 0 Å². The summed E-state index contributed by atoms with van der Waals surface area (Å²) in [6.45, 7) is 1.68.